The van der Waals surface area contributed by atoms with Crippen LogP contribution in [0.15, 0.2) is 6.07 Å². The maximum Gasteiger partial charge on any atom is 0.350 e. The van der Waals surface area contributed by atoms with Crippen molar-refractivity contribution in [2.75, 3.05) is 32.1 Å². The number of hydrogen-bond donors (Lipinski definition) is 0. The van der Waals surface area contributed by atoms with E-state index in [4.69, 9.17) is 4.74 Å². The van der Waals surface area contributed by atoms with Crippen LogP contribution in [0, 0.1) is 11.8 Å². The number of nitrogens with zero attached hydrogens (tertiary/aromatic N) is 2. The zero-order valence-corrected chi connectivity index (χ0v) is 20.3. The number of anilines is 1. The van der Waals surface area contributed by atoms with Crippen molar-refractivity contribution in [3.05, 3.63) is 15.8 Å². The molecule has 1 aromatic heterocycles. The Hall–Kier alpha value is -1.40. The summed E-state index contributed by atoms with van der Waals surface area (Å²) in [5.41, 5.74) is 0.683. The first kappa shape index (κ1) is 23.3. The fourth-order valence-electron chi connectivity index (χ4n) is 4.62. The Morgan fingerprint density at radius 1 is 1.10 bits per heavy atom. The van der Waals surface area contributed by atoms with Gasteiger partial charge in [0.25, 0.3) is 0 Å². The highest BCUT2D eigenvalue weighted by atomic mass is 32.1. The lowest BCUT2D eigenvalue weighted by atomic mass is 9.82. The third-order valence-electron chi connectivity index (χ3n) is 6.74. The average molecular weight is 435 g/mol. The smallest absolute Gasteiger partial charge is 0.350 e. The topological polar surface area (TPSA) is 49.9 Å². The molecule has 0 radical (unpaired) electrons. The number of thiophene rings is 1. The van der Waals surface area contributed by atoms with Gasteiger partial charge in [0.15, 0.2) is 0 Å². The summed E-state index contributed by atoms with van der Waals surface area (Å²) in [5.74, 6) is 0.628. The molecule has 1 saturated heterocycles. The molecule has 0 atom stereocenters. The Morgan fingerprint density at radius 3 is 2.23 bits per heavy atom. The second-order valence-electron chi connectivity index (χ2n) is 10.3. The van der Waals surface area contributed by atoms with E-state index in [9.17, 15) is 9.59 Å². The number of hydrogen-bond acceptors (Lipinski definition) is 5. The van der Waals surface area contributed by atoms with Crippen molar-refractivity contribution in [3.63, 3.8) is 0 Å². The van der Waals surface area contributed by atoms with Gasteiger partial charge in [0.1, 0.15) is 4.88 Å². The van der Waals surface area contributed by atoms with Crippen LogP contribution < -0.4 is 4.90 Å². The Labute approximate surface area is 185 Å². The minimum Gasteiger partial charge on any atom is -0.465 e. The molecular weight excluding hydrogens is 396 g/mol. The monoisotopic (exact) mass is 434 g/mol. The van der Waals surface area contributed by atoms with Crippen LogP contribution in [0.4, 0.5) is 5.69 Å². The lowest BCUT2D eigenvalue weighted by molar-refractivity contribution is -0.124. The predicted octanol–water partition coefficient (Wildman–Crippen LogP) is 5.09. The molecule has 2 heterocycles. The molecule has 1 aliphatic heterocycles. The lowest BCUT2D eigenvalue weighted by Crippen LogP contribution is -2.49. The summed E-state index contributed by atoms with van der Waals surface area (Å²) in [5, 5.41) is 0. The molecule has 1 amide bonds. The van der Waals surface area contributed by atoms with Crippen LogP contribution in [-0.2, 0) is 14.9 Å². The quantitative estimate of drug-likeness (QED) is 0.620. The van der Waals surface area contributed by atoms with Crippen LogP contribution in [0.5, 0.6) is 0 Å². The Kier molecular flexibility index (Phi) is 7.28. The van der Waals surface area contributed by atoms with Gasteiger partial charge >= 0.3 is 5.97 Å². The third kappa shape index (κ3) is 5.08. The van der Waals surface area contributed by atoms with E-state index in [1.165, 1.54) is 18.4 Å². The standard InChI is InChI=1S/C24H38N2O3S/c1-16-7-9-17(10-8-16)22(27)26(18-11-13-25(5)14-12-18)19-15-20(24(2,3)4)30-21(19)23(28)29-6/h15-18H,7-14H2,1-6H3. The number of carbonyl (C=O) groups excluding carboxylic acids is 2. The molecule has 2 fully saturated rings. The summed E-state index contributed by atoms with van der Waals surface area (Å²) in [6.45, 7) is 10.7. The van der Waals surface area contributed by atoms with E-state index in [1.54, 1.807) is 0 Å². The van der Waals surface area contributed by atoms with E-state index in [2.05, 4.69) is 45.7 Å². The normalized spacial score (nSPS) is 23.9. The third-order valence-corrected chi connectivity index (χ3v) is 8.27. The molecule has 30 heavy (non-hydrogen) atoms. The number of carbonyl (C=O) groups is 2. The number of esters is 1. The number of methoxy groups -OCH3 is 1. The highest BCUT2D eigenvalue weighted by Gasteiger charge is 2.37. The first-order valence-electron chi connectivity index (χ1n) is 11.4. The molecule has 1 saturated carbocycles. The van der Waals surface area contributed by atoms with Crippen LogP contribution in [0.25, 0.3) is 0 Å². The molecular formula is C24H38N2O3S. The number of likely N-dealkylation sites (tertiary alicyclic amines) is 1. The van der Waals surface area contributed by atoms with E-state index in [1.807, 2.05) is 4.90 Å². The van der Waals surface area contributed by atoms with Gasteiger partial charge in [-0.1, -0.05) is 27.7 Å². The maximum absolute atomic E-state index is 13.9. The minimum atomic E-state index is -0.339. The summed E-state index contributed by atoms with van der Waals surface area (Å²) in [6, 6.07) is 2.22. The fraction of sp³-hybridized carbons (Fsp3) is 0.750. The van der Waals surface area contributed by atoms with E-state index in [-0.39, 0.29) is 29.3 Å². The van der Waals surface area contributed by atoms with Crippen molar-refractivity contribution >= 4 is 28.9 Å². The zero-order valence-electron chi connectivity index (χ0n) is 19.5. The van der Waals surface area contributed by atoms with Crippen molar-refractivity contribution in [1.82, 2.24) is 4.90 Å². The van der Waals surface area contributed by atoms with Crippen LogP contribution in [-0.4, -0.2) is 50.1 Å². The van der Waals surface area contributed by atoms with Crippen LogP contribution in [0.2, 0.25) is 0 Å². The minimum absolute atomic E-state index is 0.0596. The van der Waals surface area contributed by atoms with Gasteiger partial charge in [-0.2, -0.15) is 0 Å². The van der Waals surface area contributed by atoms with Crippen molar-refractivity contribution in [2.45, 2.75) is 77.7 Å². The van der Waals surface area contributed by atoms with E-state index >= 15 is 0 Å². The average Bonchev–Trinajstić information content (AvgIpc) is 3.15. The van der Waals surface area contributed by atoms with Crippen molar-refractivity contribution in [3.8, 4) is 0 Å². The van der Waals surface area contributed by atoms with Gasteiger partial charge in [-0.05, 0) is 76.1 Å². The van der Waals surface area contributed by atoms with E-state index in [0.29, 0.717) is 10.8 Å². The van der Waals surface area contributed by atoms with E-state index < -0.39 is 0 Å². The molecule has 0 bridgehead atoms. The molecule has 168 valence electrons. The molecule has 1 aliphatic carbocycles. The fourth-order valence-corrected chi connectivity index (χ4v) is 5.75. The van der Waals surface area contributed by atoms with Crippen LogP contribution in [0.3, 0.4) is 0 Å². The first-order chi connectivity index (χ1) is 14.1. The molecule has 5 nitrogen and oxygen atoms in total. The van der Waals surface area contributed by atoms with Gasteiger partial charge in [0.2, 0.25) is 5.91 Å². The molecule has 6 heteroatoms. The predicted molar refractivity (Wildman–Crippen MR) is 123 cm³/mol. The Balaban J connectivity index is 2.02. The summed E-state index contributed by atoms with van der Waals surface area (Å²) < 4.78 is 5.12. The van der Waals surface area contributed by atoms with Crippen LogP contribution in [0.1, 0.15) is 80.8 Å². The summed E-state index contributed by atoms with van der Waals surface area (Å²) in [4.78, 5) is 32.6. The zero-order chi connectivity index (χ0) is 22.1. The van der Waals surface area contributed by atoms with Gasteiger partial charge < -0.3 is 14.5 Å². The maximum atomic E-state index is 13.9. The first-order valence-corrected chi connectivity index (χ1v) is 12.2. The lowest BCUT2D eigenvalue weighted by Gasteiger charge is -2.40. The molecule has 1 aromatic rings. The van der Waals surface area contributed by atoms with Crippen molar-refractivity contribution in [2.24, 2.45) is 11.8 Å². The molecule has 0 aromatic carbocycles. The largest absolute Gasteiger partial charge is 0.465 e. The molecule has 2 aliphatic rings. The summed E-state index contributed by atoms with van der Waals surface area (Å²) in [7, 11) is 3.56. The van der Waals surface area contributed by atoms with E-state index in [0.717, 1.165) is 62.2 Å². The van der Waals surface area contributed by atoms with Gasteiger partial charge in [-0.15, -0.1) is 11.3 Å². The number of amides is 1. The SMILES string of the molecule is COC(=O)c1sc(C(C)(C)C)cc1N(C(=O)C1CCC(C)CC1)C1CCN(C)CC1. The summed E-state index contributed by atoms with van der Waals surface area (Å²) >= 11 is 1.48. The van der Waals surface area contributed by atoms with Crippen LogP contribution >= 0.6 is 11.3 Å². The summed E-state index contributed by atoms with van der Waals surface area (Å²) in [6.07, 6.45) is 6.00. The van der Waals surface area contributed by atoms with Gasteiger partial charge in [-0.3, -0.25) is 4.79 Å². The van der Waals surface area contributed by atoms with Crippen molar-refractivity contribution in [1.29, 1.82) is 0 Å². The highest BCUT2D eigenvalue weighted by molar-refractivity contribution is 7.14. The van der Waals surface area contributed by atoms with Gasteiger partial charge in [0.05, 0.1) is 12.8 Å². The molecule has 0 spiro atoms. The van der Waals surface area contributed by atoms with Gasteiger partial charge in [0, 0.05) is 16.8 Å². The number of ether oxygens (including phenoxy) is 1. The second-order valence-corrected chi connectivity index (χ2v) is 11.3. The Morgan fingerprint density at radius 2 is 1.70 bits per heavy atom. The van der Waals surface area contributed by atoms with Gasteiger partial charge in [-0.25, -0.2) is 4.79 Å². The Bertz CT molecular complexity index is 751. The molecule has 3 rings (SSSR count). The number of rotatable bonds is 4. The highest BCUT2D eigenvalue weighted by Crippen LogP contribution is 2.41. The number of piperidine rings is 1. The molecule has 0 unspecified atom stereocenters. The molecule has 0 N–H and O–H groups in total. The van der Waals surface area contributed by atoms with Crippen molar-refractivity contribution < 1.29 is 14.3 Å². The second kappa shape index (κ2) is 9.39.